The fraction of sp³-hybridized carbons (Fsp3) is 0.400. The maximum Gasteiger partial charge on any atom is 0.179 e. The molecule has 1 aromatic heterocycles. The van der Waals surface area contributed by atoms with Crippen molar-refractivity contribution in [1.82, 2.24) is 10.2 Å². The van der Waals surface area contributed by atoms with Crippen LogP contribution < -0.4 is 0 Å². The van der Waals surface area contributed by atoms with Crippen LogP contribution in [-0.2, 0) is 0 Å². The van der Waals surface area contributed by atoms with Crippen LogP contribution in [0.25, 0.3) is 0 Å². The fourth-order valence-electron chi connectivity index (χ4n) is 0.443. The van der Waals surface area contributed by atoms with E-state index in [1.165, 1.54) is 11.8 Å². The molecule has 1 rings (SSSR count). The lowest BCUT2D eigenvalue weighted by molar-refractivity contribution is 0.986. The van der Waals surface area contributed by atoms with Gasteiger partial charge in [-0.25, -0.2) is 0 Å². The lowest BCUT2D eigenvalue weighted by Gasteiger charge is -1.86. The Kier molecular flexibility index (Phi) is 2.76. The molecule has 0 aliphatic heterocycles. The summed E-state index contributed by atoms with van der Waals surface area (Å²) in [5, 5.41) is 8.74. The minimum absolute atomic E-state index is 0.885. The van der Waals surface area contributed by atoms with E-state index in [4.69, 9.17) is 12.2 Å². The van der Waals surface area contributed by atoms with Crippen LogP contribution in [0.2, 0.25) is 0 Å². The summed E-state index contributed by atoms with van der Waals surface area (Å²) in [4.78, 5) is 0. The molecule has 0 aliphatic carbocycles. The van der Waals surface area contributed by atoms with Crippen molar-refractivity contribution in [3.63, 3.8) is 0 Å². The minimum Gasteiger partial charge on any atom is -0.143 e. The highest BCUT2D eigenvalue weighted by Gasteiger charge is 2.00. The number of hydrogen-bond acceptors (Lipinski definition) is 5. The van der Waals surface area contributed by atoms with E-state index in [2.05, 4.69) is 10.2 Å². The largest absolute Gasteiger partial charge is 0.179 e. The molecule has 1 heterocycles. The molecule has 0 amide bonds. The quantitative estimate of drug-likeness (QED) is 0.501. The zero-order valence-electron chi connectivity index (χ0n) is 5.62. The Bertz CT molecular complexity index is 243. The van der Waals surface area contributed by atoms with Crippen LogP contribution in [0, 0.1) is 6.92 Å². The molecule has 5 heteroatoms. The summed E-state index contributed by atoms with van der Waals surface area (Å²) in [5.74, 6) is 0. The van der Waals surface area contributed by atoms with Crippen LogP contribution in [0.3, 0.4) is 0 Å². The second-order valence-corrected chi connectivity index (χ2v) is 5.19. The van der Waals surface area contributed by atoms with Gasteiger partial charge in [0.2, 0.25) is 0 Å². The lowest BCUT2D eigenvalue weighted by atomic mass is 10.9. The van der Waals surface area contributed by atoms with E-state index in [0.29, 0.717) is 0 Å². The zero-order valence-corrected chi connectivity index (χ0v) is 8.07. The van der Waals surface area contributed by atoms with Gasteiger partial charge in [-0.1, -0.05) is 35.3 Å². The Morgan fingerprint density at radius 1 is 1.60 bits per heavy atom. The monoisotopic (exact) mass is 190 g/mol. The van der Waals surface area contributed by atoms with Crippen molar-refractivity contribution in [1.29, 1.82) is 0 Å². The van der Waals surface area contributed by atoms with Crippen LogP contribution in [0.5, 0.6) is 0 Å². The van der Waals surface area contributed by atoms with Gasteiger partial charge in [0.05, 0.1) is 4.20 Å². The normalized spacial score (nSPS) is 9.80. The fourth-order valence-corrected chi connectivity index (χ4v) is 2.48. The van der Waals surface area contributed by atoms with Gasteiger partial charge in [0.15, 0.2) is 4.34 Å². The predicted molar refractivity (Wildman–Crippen MR) is 48.8 cm³/mol. The Hall–Kier alpha value is -0.0000000000000000833. The summed E-state index contributed by atoms with van der Waals surface area (Å²) in [6.45, 7) is 3.82. The van der Waals surface area contributed by atoms with Crippen molar-refractivity contribution in [3.8, 4) is 0 Å². The number of thioether (sulfide) groups is 1. The summed E-state index contributed by atoms with van der Waals surface area (Å²) >= 11 is 7.95. The first-order valence-electron chi connectivity index (χ1n) is 2.67. The SMILES string of the molecule is CC(=S)Sc1nnc(C)s1. The number of aromatic nitrogens is 2. The van der Waals surface area contributed by atoms with Crippen molar-refractivity contribution in [2.45, 2.75) is 18.2 Å². The van der Waals surface area contributed by atoms with Crippen molar-refractivity contribution in [2.75, 3.05) is 0 Å². The summed E-state index contributed by atoms with van der Waals surface area (Å²) in [7, 11) is 0. The second-order valence-electron chi connectivity index (χ2n) is 1.68. The Balaban J connectivity index is 2.67. The van der Waals surface area contributed by atoms with Crippen LogP contribution in [0.15, 0.2) is 4.34 Å². The lowest BCUT2D eigenvalue weighted by Crippen LogP contribution is -1.76. The smallest absolute Gasteiger partial charge is 0.143 e. The highest BCUT2D eigenvalue weighted by atomic mass is 32.2. The van der Waals surface area contributed by atoms with E-state index >= 15 is 0 Å². The Labute approximate surface area is 73.1 Å². The molecule has 0 fully saturated rings. The van der Waals surface area contributed by atoms with Crippen LogP contribution in [0.1, 0.15) is 11.9 Å². The average molecular weight is 190 g/mol. The molecule has 0 aromatic carbocycles. The van der Waals surface area contributed by atoms with E-state index in [-0.39, 0.29) is 0 Å². The topological polar surface area (TPSA) is 25.8 Å². The van der Waals surface area contributed by atoms with E-state index in [1.54, 1.807) is 11.3 Å². The van der Waals surface area contributed by atoms with Gasteiger partial charge < -0.3 is 0 Å². The van der Waals surface area contributed by atoms with Crippen molar-refractivity contribution < 1.29 is 0 Å². The molecule has 0 radical (unpaired) electrons. The van der Waals surface area contributed by atoms with E-state index in [9.17, 15) is 0 Å². The highest BCUT2D eigenvalue weighted by molar-refractivity contribution is 8.23. The summed E-state index contributed by atoms with van der Waals surface area (Å²) in [6.07, 6.45) is 0. The summed E-state index contributed by atoms with van der Waals surface area (Å²) in [6, 6.07) is 0. The van der Waals surface area contributed by atoms with Crippen LogP contribution in [0.4, 0.5) is 0 Å². The van der Waals surface area contributed by atoms with Crippen LogP contribution in [-0.4, -0.2) is 14.4 Å². The molecule has 0 saturated heterocycles. The number of nitrogens with zero attached hydrogens (tertiary/aromatic N) is 2. The Morgan fingerprint density at radius 3 is 2.70 bits per heavy atom. The average Bonchev–Trinajstić information content (AvgIpc) is 2.13. The third-order valence-corrected chi connectivity index (χ3v) is 2.67. The highest BCUT2D eigenvalue weighted by Crippen LogP contribution is 2.22. The van der Waals surface area contributed by atoms with E-state index < -0.39 is 0 Å². The van der Waals surface area contributed by atoms with Gasteiger partial charge in [0.25, 0.3) is 0 Å². The molecule has 0 bridgehead atoms. The molecular weight excluding hydrogens is 184 g/mol. The first-order valence-corrected chi connectivity index (χ1v) is 4.71. The molecule has 0 aliphatic rings. The number of hydrogen-bond donors (Lipinski definition) is 0. The van der Waals surface area contributed by atoms with Gasteiger partial charge in [-0.2, -0.15) is 0 Å². The van der Waals surface area contributed by atoms with Gasteiger partial charge in [0, 0.05) is 0 Å². The molecule has 1 aromatic rings. The molecule has 0 saturated carbocycles. The maximum absolute atomic E-state index is 4.89. The van der Waals surface area contributed by atoms with Gasteiger partial charge in [0.1, 0.15) is 5.01 Å². The third kappa shape index (κ3) is 2.32. The zero-order chi connectivity index (χ0) is 7.56. The van der Waals surface area contributed by atoms with E-state index in [1.807, 2.05) is 13.8 Å². The molecular formula is C5H6N2S3. The maximum atomic E-state index is 4.89. The Morgan fingerprint density at radius 2 is 2.30 bits per heavy atom. The number of aryl methyl sites for hydroxylation is 1. The number of rotatable bonds is 1. The van der Waals surface area contributed by atoms with Crippen molar-refractivity contribution >= 4 is 39.5 Å². The van der Waals surface area contributed by atoms with Gasteiger partial charge in [-0.05, 0) is 13.8 Å². The van der Waals surface area contributed by atoms with Gasteiger partial charge in [-0.15, -0.1) is 10.2 Å². The van der Waals surface area contributed by atoms with E-state index in [0.717, 1.165) is 13.5 Å². The minimum atomic E-state index is 0.885. The van der Waals surface area contributed by atoms with Crippen molar-refractivity contribution in [2.24, 2.45) is 0 Å². The molecule has 0 spiro atoms. The molecule has 2 nitrogen and oxygen atoms in total. The van der Waals surface area contributed by atoms with Gasteiger partial charge in [-0.3, -0.25) is 0 Å². The first kappa shape index (κ1) is 8.10. The second kappa shape index (κ2) is 3.41. The predicted octanol–water partition coefficient (Wildman–Crippen LogP) is 2.29. The summed E-state index contributed by atoms with van der Waals surface area (Å²) in [5.41, 5.74) is 0. The standard InChI is InChI=1S/C5H6N2S3/c1-3-6-7-5(9-3)10-4(2)8/h1-2H3. The molecule has 0 atom stereocenters. The van der Waals surface area contributed by atoms with Crippen LogP contribution >= 0.6 is 35.3 Å². The first-order chi connectivity index (χ1) is 4.68. The third-order valence-electron chi connectivity index (χ3n) is 0.739. The molecule has 54 valence electrons. The summed E-state index contributed by atoms with van der Waals surface area (Å²) < 4.78 is 1.82. The number of thiocarbonyl (C=S) groups is 1. The van der Waals surface area contributed by atoms with Crippen molar-refractivity contribution in [3.05, 3.63) is 5.01 Å². The molecule has 0 N–H and O–H groups in total. The van der Waals surface area contributed by atoms with Gasteiger partial charge >= 0.3 is 0 Å². The molecule has 0 unspecified atom stereocenters. The molecule has 10 heavy (non-hydrogen) atoms.